The first kappa shape index (κ1) is 30.4. The number of hydrogen-bond donors (Lipinski definition) is 1. The number of ether oxygens (including phenoxy) is 2. The van der Waals surface area contributed by atoms with Crippen molar-refractivity contribution in [3.05, 3.63) is 77.5 Å². The van der Waals surface area contributed by atoms with E-state index in [2.05, 4.69) is 29.7 Å². The van der Waals surface area contributed by atoms with Crippen LogP contribution in [0.15, 0.2) is 54.9 Å². The number of halogens is 1. The first-order chi connectivity index (χ1) is 19.5. The Hall–Kier alpha value is -3.60. The maximum absolute atomic E-state index is 13.9. The summed E-state index contributed by atoms with van der Waals surface area (Å²) in [6, 6.07) is 12.5. The number of aliphatic hydroxyl groups excluding tert-OH is 1. The monoisotopic (exact) mass is 578 g/mol. The molecule has 0 radical (unpaired) electrons. The summed E-state index contributed by atoms with van der Waals surface area (Å²) in [5.74, 6) is -0.0368. The molecular weight excluding hydrogens is 539 g/mol. The molecule has 41 heavy (non-hydrogen) atoms. The fraction of sp³-hybridized carbons (Fsp3) is 0.387. The Morgan fingerprint density at radius 1 is 1.17 bits per heavy atom. The molecule has 0 spiro atoms. The first-order valence-corrected chi connectivity index (χ1v) is 17.6. The maximum atomic E-state index is 13.9. The number of carbonyl (C=O) groups is 1. The van der Waals surface area contributed by atoms with Crippen LogP contribution >= 0.6 is 0 Å². The maximum Gasteiger partial charge on any atom is 0.254 e. The van der Waals surface area contributed by atoms with Gasteiger partial charge in [0.05, 0.1) is 30.1 Å². The molecule has 0 aliphatic carbocycles. The smallest absolute Gasteiger partial charge is 0.254 e. The molecule has 0 saturated carbocycles. The minimum absolute atomic E-state index is 0.207. The molecule has 2 aromatic carbocycles. The van der Waals surface area contributed by atoms with Gasteiger partial charge in [-0.15, -0.1) is 0 Å². The van der Waals surface area contributed by atoms with E-state index in [-0.39, 0.29) is 25.0 Å². The van der Waals surface area contributed by atoms with Crippen LogP contribution in [0.2, 0.25) is 25.7 Å². The first-order valence-electron chi connectivity index (χ1n) is 13.9. The molecule has 8 nitrogen and oxygen atoms in total. The number of pyridine rings is 1. The van der Waals surface area contributed by atoms with Crippen LogP contribution in [0.25, 0.3) is 22.0 Å². The molecule has 0 saturated heterocycles. The second-order valence-electron chi connectivity index (χ2n) is 11.4. The number of benzene rings is 2. The van der Waals surface area contributed by atoms with Gasteiger partial charge in [0.1, 0.15) is 18.3 Å². The predicted octanol–water partition coefficient (Wildman–Crippen LogP) is 6.27. The minimum Gasteiger partial charge on any atom is -0.493 e. The Labute approximate surface area is 241 Å². The summed E-state index contributed by atoms with van der Waals surface area (Å²) in [7, 11) is 0.488. The van der Waals surface area contributed by atoms with Crippen LogP contribution in [0.3, 0.4) is 0 Å². The van der Waals surface area contributed by atoms with E-state index in [9.17, 15) is 14.3 Å². The van der Waals surface area contributed by atoms with E-state index < -0.39 is 14.2 Å². The summed E-state index contributed by atoms with van der Waals surface area (Å²) in [6.45, 7) is 12.0. The zero-order valence-electron chi connectivity index (χ0n) is 24.6. The van der Waals surface area contributed by atoms with E-state index in [0.29, 0.717) is 41.3 Å². The quantitative estimate of drug-likeness (QED) is 0.157. The lowest BCUT2D eigenvalue weighted by molar-refractivity contribution is 0.0781. The van der Waals surface area contributed by atoms with E-state index in [1.165, 1.54) is 12.1 Å². The van der Waals surface area contributed by atoms with Crippen LogP contribution in [0.1, 0.15) is 41.6 Å². The van der Waals surface area contributed by atoms with Crippen molar-refractivity contribution >= 4 is 24.9 Å². The average Bonchev–Trinajstić information content (AvgIpc) is 3.34. The largest absolute Gasteiger partial charge is 0.493 e. The van der Waals surface area contributed by atoms with Crippen molar-refractivity contribution in [1.29, 1.82) is 0 Å². The second kappa shape index (κ2) is 12.9. The Kier molecular flexibility index (Phi) is 9.57. The molecule has 0 bridgehead atoms. The lowest BCUT2D eigenvalue weighted by Gasteiger charge is -2.20. The van der Waals surface area contributed by atoms with E-state index in [0.717, 1.165) is 22.5 Å². The number of nitrogens with zero attached hydrogens (tertiary/aromatic N) is 4. The summed E-state index contributed by atoms with van der Waals surface area (Å²) >= 11 is 0. The van der Waals surface area contributed by atoms with Crippen molar-refractivity contribution in [1.82, 2.24) is 19.7 Å². The highest BCUT2D eigenvalue weighted by Crippen LogP contribution is 2.32. The normalized spacial score (nSPS) is 12.5. The van der Waals surface area contributed by atoms with Crippen molar-refractivity contribution in [2.45, 2.75) is 58.9 Å². The molecule has 1 unspecified atom stereocenters. The molecule has 2 heterocycles. The number of fused-ring (bicyclic) bond motifs is 1. The minimum atomic E-state index is -1.24. The van der Waals surface area contributed by atoms with Crippen molar-refractivity contribution < 1.29 is 23.8 Å². The van der Waals surface area contributed by atoms with Gasteiger partial charge in [0.25, 0.3) is 5.91 Å². The third kappa shape index (κ3) is 7.38. The molecule has 1 amide bonds. The third-order valence-electron chi connectivity index (χ3n) is 6.80. The van der Waals surface area contributed by atoms with Gasteiger partial charge in [-0.1, -0.05) is 31.8 Å². The average molecular weight is 579 g/mol. The van der Waals surface area contributed by atoms with Crippen LogP contribution in [0.5, 0.6) is 5.75 Å². The molecule has 4 rings (SSSR count). The zero-order chi connectivity index (χ0) is 29.7. The standard InChI is InChI=1S/C31H39FN4O4Si/c1-7-40-28-16-23(11-12-26(28)22-9-8-10-25(32)15-22)31(38)35(3)19-24-17-33-29(21(2)37)27-18-34-36(30(24)27)20-39-13-14-41(4,5)6/h8-12,15-18,21,37H,7,13-14,19-20H2,1-6H3. The molecule has 2 aromatic heterocycles. The van der Waals surface area contributed by atoms with Gasteiger partial charge in [0, 0.05) is 56.5 Å². The van der Waals surface area contributed by atoms with Gasteiger partial charge in [-0.2, -0.15) is 5.10 Å². The molecule has 10 heteroatoms. The Balaban J connectivity index is 1.60. The van der Waals surface area contributed by atoms with Crippen LogP contribution in [-0.2, 0) is 18.0 Å². The van der Waals surface area contributed by atoms with Crippen LogP contribution < -0.4 is 4.74 Å². The molecule has 0 fully saturated rings. The van der Waals surface area contributed by atoms with Gasteiger partial charge in [-0.3, -0.25) is 9.78 Å². The van der Waals surface area contributed by atoms with Gasteiger partial charge in [0.15, 0.2) is 0 Å². The third-order valence-corrected chi connectivity index (χ3v) is 8.51. The summed E-state index contributed by atoms with van der Waals surface area (Å²) in [4.78, 5) is 19.7. The van der Waals surface area contributed by atoms with Crippen molar-refractivity contribution in [2.75, 3.05) is 20.3 Å². The lowest BCUT2D eigenvalue weighted by Crippen LogP contribution is -2.27. The number of amides is 1. The molecule has 1 N–H and O–H groups in total. The number of aromatic nitrogens is 3. The fourth-order valence-corrected chi connectivity index (χ4v) is 5.39. The molecule has 218 valence electrons. The molecule has 1 atom stereocenters. The summed E-state index contributed by atoms with van der Waals surface area (Å²) in [5.41, 5.74) is 3.92. The highest BCUT2D eigenvalue weighted by molar-refractivity contribution is 6.76. The Morgan fingerprint density at radius 2 is 1.95 bits per heavy atom. The number of hydrogen-bond acceptors (Lipinski definition) is 6. The highest BCUT2D eigenvalue weighted by Gasteiger charge is 2.21. The Bertz CT molecular complexity index is 1520. The van der Waals surface area contributed by atoms with Crippen LogP contribution in [0, 0.1) is 5.82 Å². The predicted molar refractivity (Wildman–Crippen MR) is 161 cm³/mol. The summed E-state index contributed by atoms with van der Waals surface area (Å²) in [5, 5.41) is 15.6. The summed E-state index contributed by atoms with van der Waals surface area (Å²) in [6.07, 6.45) is 2.61. The van der Waals surface area contributed by atoms with E-state index in [1.54, 1.807) is 60.2 Å². The fourth-order valence-electron chi connectivity index (χ4n) is 4.64. The van der Waals surface area contributed by atoms with Gasteiger partial charge >= 0.3 is 0 Å². The topological polar surface area (TPSA) is 89.7 Å². The van der Waals surface area contributed by atoms with Crippen molar-refractivity contribution in [2.24, 2.45) is 0 Å². The SMILES string of the molecule is CCOc1cc(C(=O)N(C)Cc2cnc(C(C)O)c3cnn(COCC[Si](C)(C)C)c23)ccc1-c1cccc(F)c1. The number of aliphatic hydroxyl groups is 1. The van der Waals surface area contributed by atoms with Gasteiger partial charge in [-0.05, 0) is 55.8 Å². The van der Waals surface area contributed by atoms with Crippen LogP contribution in [0.4, 0.5) is 4.39 Å². The Morgan fingerprint density at radius 3 is 2.63 bits per heavy atom. The summed E-state index contributed by atoms with van der Waals surface area (Å²) < 4.78 is 27.4. The number of carbonyl (C=O) groups excluding carboxylic acids is 1. The zero-order valence-corrected chi connectivity index (χ0v) is 25.6. The van der Waals surface area contributed by atoms with Crippen molar-refractivity contribution in [3.8, 4) is 16.9 Å². The van der Waals surface area contributed by atoms with E-state index in [4.69, 9.17) is 9.47 Å². The van der Waals surface area contributed by atoms with Crippen LogP contribution in [-0.4, -0.2) is 59.0 Å². The molecule has 0 aliphatic heterocycles. The van der Waals surface area contributed by atoms with E-state index in [1.807, 2.05) is 13.0 Å². The highest BCUT2D eigenvalue weighted by atomic mass is 28.3. The molecule has 0 aliphatic rings. The lowest BCUT2D eigenvalue weighted by atomic mass is 10.0. The van der Waals surface area contributed by atoms with Gasteiger partial charge < -0.3 is 19.5 Å². The van der Waals surface area contributed by atoms with E-state index >= 15 is 0 Å². The number of rotatable bonds is 12. The molecule has 4 aromatic rings. The second-order valence-corrected chi connectivity index (χ2v) is 17.0. The molecular formula is C31H39FN4O4Si. The van der Waals surface area contributed by atoms with Gasteiger partial charge in [0.2, 0.25) is 0 Å². The van der Waals surface area contributed by atoms with Crippen molar-refractivity contribution in [3.63, 3.8) is 0 Å². The van der Waals surface area contributed by atoms with Gasteiger partial charge in [-0.25, -0.2) is 9.07 Å².